The van der Waals surface area contributed by atoms with Crippen molar-refractivity contribution in [1.82, 2.24) is 0 Å². The third-order valence-electron chi connectivity index (χ3n) is 3.57. The smallest absolute Gasteiger partial charge is 0.248 e. The van der Waals surface area contributed by atoms with Crippen LogP contribution in [0.5, 0.6) is 0 Å². The number of sulfone groups is 1. The molecule has 1 unspecified atom stereocenters. The quantitative estimate of drug-likeness (QED) is 0.885. The molecule has 0 aliphatic carbocycles. The van der Waals surface area contributed by atoms with E-state index < -0.39 is 15.7 Å². The maximum atomic E-state index is 12.2. The van der Waals surface area contributed by atoms with Gasteiger partial charge in [-0.1, -0.05) is 6.92 Å². The van der Waals surface area contributed by atoms with E-state index in [1.165, 1.54) is 17.0 Å². The zero-order valence-electron chi connectivity index (χ0n) is 11.8. The van der Waals surface area contributed by atoms with Crippen LogP contribution in [-0.4, -0.2) is 37.8 Å². The summed E-state index contributed by atoms with van der Waals surface area (Å²) in [5, 5.41) is 0. The van der Waals surface area contributed by atoms with Gasteiger partial charge in [0.1, 0.15) is 0 Å². The number of hydrogen-bond acceptors (Lipinski definition) is 4. The Balaban J connectivity index is 2.32. The van der Waals surface area contributed by atoms with Crippen molar-refractivity contribution in [3.05, 3.63) is 29.8 Å². The molecule has 2 N–H and O–H groups in total. The Morgan fingerprint density at radius 3 is 2.33 bits per heavy atom. The summed E-state index contributed by atoms with van der Waals surface area (Å²) in [7, 11) is -3.08. The summed E-state index contributed by atoms with van der Waals surface area (Å²) in [5.41, 5.74) is 6.13. The third-order valence-corrected chi connectivity index (χ3v) is 5.33. The minimum absolute atomic E-state index is 0.0175. The molecule has 1 aliphatic heterocycles. The van der Waals surface area contributed by atoms with Crippen LogP contribution in [0.2, 0.25) is 0 Å². The van der Waals surface area contributed by atoms with Gasteiger partial charge in [-0.2, -0.15) is 0 Å². The predicted octanol–water partition coefficient (Wildman–Crippen LogP) is 0.716. The van der Waals surface area contributed by atoms with Crippen LogP contribution < -0.4 is 10.6 Å². The highest BCUT2D eigenvalue weighted by Gasteiger charge is 2.34. The molecule has 1 aliphatic rings. The lowest BCUT2D eigenvalue weighted by molar-refractivity contribution is -0.118. The van der Waals surface area contributed by atoms with E-state index in [-0.39, 0.29) is 29.9 Å². The largest absolute Gasteiger partial charge is 0.366 e. The van der Waals surface area contributed by atoms with Crippen LogP contribution in [0.25, 0.3) is 0 Å². The Morgan fingerprint density at radius 1 is 1.29 bits per heavy atom. The van der Waals surface area contributed by atoms with E-state index >= 15 is 0 Å². The fourth-order valence-electron chi connectivity index (χ4n) is 2.49. The van der Waals surface area contributed by atoms with Crippen molar-refractivity contribution < 1.29 is 18.0 Å². The van der Waals surface area contributed by atoms with Crippen LogP contribution in [0.3, 0.4) is 0 Å². The second-order valence-corrected chi connectivity index (χ2v) is 7.31. The molecule has 1 aromatic carbocycles. The van der Waals surface area contributed by atoms with Crippen LogP contribution in [0, 0.1) is 0 Å². The first-order valence-corrected chi connectivity index (χ1v) is 8.58. The number of carbonyl (C=O) groups is 2. The molecule has 1 saturated heterocycles. The summed E-state index contributed by atoms with van der Waals surface area (Å²) in [6, 6.07) is 5.98. The van der Waals surface area contributed by atoms with Crippen molar-refractivity contribution in [2.75, 3.05) is 16.4 Å². The van der Waals surface area contributed by atoms with Crippen LogP contribution in [0.4, 0.5) is 5.69 Å². The Kier molecular flexibility index (Phi) is 4.32. The van der Waals surface area contributed by atoms with Crippen molar-refractivity contribution in [2.24, 2.45) is 5.73 Å². The van der Waals surface area contributed by atoms with Crippen molar-refractivity contribution in [3.63, 3.8) is 0 Å². The normalized spacial score (nSPS) is 20.1. The molecular formula is C14H18N2O4S. The van der Waals surface area contributed by atoms with Crippen molar-refractivity contribution >= 4 is 27.3 Å². The lowest BCUT2D eigenvalue weighted by atomic mass is 10.1. The zero-order valence-corrected chi connectivity index (χ0v) is 12.6. The molecule has 21 heavy (non-hydrogen) atoms. The molecule has 1 atom stereocenters. The van der Waals surface area contributed by atoms with Gasteiger partial charge in [0.25, 0.3) is 0 Å². The maximum Gasteiger partial charge on any atom is 0.248 e. The number of nitrogens with two attached hydrogens (primary N) is 1. The number of benzene rings is 1. The highest BCUT2D eigenvalue weighted by molar-refractivity contribution is 7.91. The number of rotatable bonds is 4. The van der Waals surface area contributed by atoms with E-state index in [0.717, 1.165) is 0 Å². The molecule has 0 saturated carbocycles. The Morgan fingerprint density at radius 2 is 1.90 bits per heavy atom. The van der Waals surface area contributed by atoms with Gasteiger partial charge >= 0.3 is 0 Å². The molecule has 0 bridgehead atoms. The molecule has 0 aromatic heterocycles. The van der Waals surface area contributed by atoms with Gasteiger partial charge in [-0.3, -0.25) is 9.59 Å². The summed E-state index contributed by atoms with van der Waals surface area (Å²) < 4.78 is 23.3. The van der Waals surface area contributed by atoms with Crippen molar-refractivity contribution in [3.8, 4) is 0 Å². The molecule has 0 spiro atoms. The monoisotopic (exact) mass is 310 g/mol. The summed E-state index contributed by atoms with van der Waals surface area (Å²) in [6.45, 7) is 1.73. The van der Waals surface area contributed by atoms with Crippen molar-refractivity contribution in [2.45, 2.75) is 25.8 Å². The summed E-state index contributed by atoms with van der Waals surface area (Å²) in [4.78, 5) is 24.8. The number of nitrogens with zero attached hydrogens (tertiary/aromatic N) is 1. The second-order valence-electron chi connectivity index (χ2n) is 5.09. The number of hydrogen-bond donors (Lipinski definition) is 1. The molecule has 1 heterocycles. The SMILES string of the molecule is CCC(=O)N(c1ccc(C(N)=O)cc1)C1CCS(=O)(=O)C1. The van der Waals surface area contributed by atoms with Gasteiger partial charge in [0.05, 0.1) is 17.5 Å². The molecule has 0 radical (unpaired) electrons. The van der Waals surface area contributed by atoms with Gasteiger partial charge in [-0.25, -0.2) is 8.42 Å². The Bertz CT molecular complexity index is 652. The molecular weight excluding hydrogens is 292 g/mol. The molecule has 114 valence electrons. The highest BCUT2D eigenvalue weighted by atomic mass is 32.2. The third kappa shape index (κ3) is 3.41. The predicted molar refractivity (Wildman–Crippen MR) is 79.8 cm³/mol. The van der Waals surface area contributed by atoms with E-state index in [9.17, 15) is 18.0 Å². The van der Waals surface area contributed by atoms with E-state index in [0.29, 0.717) is 17.7 Å². The highest BCUT2D eigenvalue weighted by Crippen LogP contribution is 2.25. The van der Waals surface area contributed by atoms with E-state index in [2.05, 4.69) is 0 Å². The van der Waals surface area contributed by atoms with Crippen LogP contribution >= 0.6 is 0 Å². The van der Waals surface area contributed by atoms with E-state index in [1.807, 2.05) is 0 Å². The summed E-state index contributed by atoms with van der Waals surface area (Å²) in [6.07, 6.45) is 0.722. The number of primary amides is 1. The van der Waals surface area contributed by atoms with Gasteiger partial charge in [-0.05, 0) is 30.7 Å². The zero-order chi connectivity index (χ0) is 15.6. The van der Waals surface area contributed by atoms with Gasteiger partial charge < -0.3 is 10.6 Å². The lowest BCUT2D eigenvalue weighted by Crippen LogP contribution is -2.41. The van der Waals surface area contributed by atoms with Crippen LogP contribution in [0.1, 0.15) is 30.1 Å². The molecule has 6 nitrogen and oxygen atoms in total. The minimum atomic E-state index is -3.08. The first-order chi connectivity index (χ1) is 9.84. The minimum Gasteiger partial charge on any atom is -0.366 e. The summed E-state index contributed by atoms with van der Waals surface area (Å²) >= 11 is 0. The molecule has 2 amide bonds. The Labute approximate surface area is 123 Å². The van der Waals surface area contributed by atoms with Gasteiger partial charge in [-0.15, -0.1) is 0 Å². The first kappa shape index (κ1) is 15.5. The Hall–Kier alpha value is -1.89. The van der Waals surface area contributed by atoms with Gasteiger partial charge in [0.15, 0.2) is 9.84 Å². The second kappa shape index (κ2) is 5.85. The van der Waals surface area contributed by atoms with Crippen LogP contribution in [0.15, 0.2) is 24.3 Å². The maximum absolute atomic E-state index is 12.2. The number of carbonyl (C=O) groups excluding carboxylic acids is 2. The van der Waals surface area contributed by atoms with Crippen LogP contribution in [-0.2, 0) is 14.6 Å². The summed E-state index contributed by atoms with van der Waals surface area (Å²) in [5.74, 6) is -0.594. The molecule has 2 rings (SSSR count). The molecule has 7 heteroatoms. The standard InChI is InChI=1S/C14H18N2O4S/c1-2-13(17)16(12-7-8-21(19,20)9-12)11-5-3-10(4-6-11)14(15)18/h3-6,12H,2,7-9H2,1H3,(H2,15,18). The van der Waals surface area contributed by atoms with E-state index in [1.54, 1.807) is 19.1 Å². The molecule has 1 aromatic rings. The van der Waals surface area contributed by atoms with E-state index in [4.69, 9.17) is 5.73 Å². The first-order valence-electron chi connectivity index (χ1n) is 6.76. The lowest BCUT2D eigenvalue weighted by Gasteiger charge is -2.28. The van der Waals surface area contributed by atoms with Gasteiger partial charge in [0.2, 0.25) is 11.8 Å². The van der Waals surface area contributed by atoms with Crippen molar-refractivity contribution in [1.29, 1.82) is 0 Å². The fourth-order valence-corrected chi connectivity index (χ4v) is 4.19. The average molecular weight is 310 g/mol. The molecule has 1 fully saturated rings. The average Bonchev–Trinajstić information content (AvgIpc) is 2.79. The number of anilines is 1. The fraction of sp³-hybridized carbons (Fsp3) is 0.429. The topological polar surface area (TPSA) is 97.5 Å². The van der Waals surface area contributed by atoms with Gasteiger partial charge in [0, 0.05) is 17.7 Å². The number of amides is 2.